The Kier molecular flexibility index (Phi) is 8.34. The smallest absolute Gasteiger partial charge is 0.338 e. The van der Waals surface area contributed by atoms with Gasteiger partial charge in [0.25, 0.3) is 0 Å². The first-order valence-corrected chi connectivity index (χ1v) is 9.52. The van der Waals surface area contributed by atoms with Crippen LogP contribution in [0.4, 0.5) is 10.1 Å². The number of Topliss-reactive ketones (excluding diaryl/α,β-unsaturated/α-hetero) is 1. The third kappa shape index (κ3) is 6.30. The molecule has 0 radical (unpaired) electrons. The summed E-state index contributed by atoms with van der Waals surface area (Å²) < 4.78 is 30.2. The van der Waals surface area contributed by atoms with Crippen molar-refractivity contribution in [3.05, 3.63) is 53.3 Å². The van der Waals surface area contributed by atoms with Gasteiger partial charge in [0, 0.05) is 12.6 Å². The molecule has 0 aliphatic rings. The molecule has 2 aromatic rings. The van der Waals surface area contributed by atoms with Crippen molar-refractivity contribution in [3.8, 4) is 11.5 Å². The lowest BCUT2D eigenvalue weighted by Crippen LogP contribution is -2.16. The highest BCUT2D eigenvalue weighted by molar-refractivity contribution is 6.00. The molecule has 30 heavy (non-hydrogen) atoms. The second-order valence-electron chi connectivity index (χ2n) is 6.32. The number of benzene rings is 2. The minimum absolute atomic E-state index is 0.177. The van der Waals surface area contributed by atoms with Crippen molar-refractivity contribution >= 4 is 23.3 Å². The van der Waals surface area contributed by atoms with Gasteiger partial charge in [0.2, 0.25) is 11.7 Å². The second-order valence-corrected chi connectivity index (χ2v) is 6.32. The molecule has 0 bridgehead atoms. The Morgan fingerprint density at radius 1 is 1.00 bits per heavy atom. The number of nitrogens with one attached hydrogen (secondary N) is 1. The van der Waals surface area contributed by atoms with Crippen LogP contribution in [-0.2, 0) is 9.53 Å². The molecule has 2 rings (SSSR count). The van der Waals surface area contributed by atoms with Gasteiger partial charge < -0.3 is 19.5 Å². The van der Waals surface area contributed by atoms with Crippen molar-refractivity contribution in [1.82, 2.24) is 0 Å². The molecule has 2 aromatic carbocycles. The zero-order valence-electron chi connectivity index (χ0n) is 17.1. The zero-order valence-corrected chi connectivity index (χ0v) is 17.1. The first-order chi connectivity index (χ1) is 14.3. The highest BCUT2D eigenvalue weighted by atomic mass is 19.1. The van der Waals surface area contributed by atoms with E-state index in [0.29, 0.717) is 24.7 Å². The molecule has 0 aliphatic carbocycles. The molecule has 0 unspecified atom stereocenters. The van der Waals surface area contributed by atoms with Crippen molar-refractivity contribution in [3.63, 3.8) is 0 Å². The van der Waals surface area contributed by atoms with Gasteiger partial charge in [-0.25, -0.2) is 9.18 Å². The lowest BCUT2D eigenvalue weighted by Gasteiger charge is -2.13. The number of rotatable bonds is 10. The molecule has 1 amide bonds. The van der Waals surface area contributed by atoms with Crippen LogP contribution in [0.5, 0.6) is 11.5 Å². The van der Waals surface area contributed by atoms with E-state index in [1.165, 1.54) is 31.2 Å². The topological polar surface area (TPSA) is 90.9 Å². The van der Waals surface area contributed by atoms with Crippen LogP contribution in [0, 0.1) is 5.82 Å². The van der Waals surface area contributed by atoms with E-state index in [0.717, 1.165) is 12.5 Å². The van der Waals surface area contributed by atoms with E-state index in [9.17, 15) is 18.8 Å². The second kappa shape index (κ2) is 10.9. The Morgan fingerprint density at radius 3 is 2.40 bits per heavy atom. The fraction of sp³-hybridized carbons (Fsp3) is 0.318. The van der Waals surface area contributed by atoms with E-state index in [1.54, 1.807) is 13.0 Å². The maximum atomic E-state index is 14.1. The predicted octanol–water partition coefficient (Wildman–Crippen LogP) is 4.01. The van der Waals surface area contributed by atoms with Crippen molar-refractivity contribution < 1.29 is 33.0 Å². The zero-order chi connectivity index (χ0) is 22.1. The number of esters is 1. The van der Waals surface area contributed by atoms with Gasteiger partial charge in [0.15, 0.2) is 18.1 Å². The number of hydrogen-bond donors (Lipinski definition) is 1. The number of halogens is 1. The van der Waals surface area contributed by atoms with E-state index in [-0.39, 0.29) is 22.7 Å². The molecule has 0 heterocycles. The highest BCUT2D eigenvalue weighted by Crippen LogP contribution is 2.29. The Hall–Kier alpha value is -3.42. The monoisotopic (exact) mass is 417 g/mol. The van der Waals surface area contributed by atoms with Gasteiger partial charge in [0.1, 0.15) is 5.82 Å². The Labute approximate surface area is 174 Å². The molecule has 0 saturated heterocycles. The molecule has 8 heteroatoms. The quantitative estimate of drug-likeness (QED) is 0.464. The SMILES string of the molecule is CCCOc1ccc(C(=O)OCC(=O)c2ccc(NC(C)=O)cc2F)cc1OCC. The normalized spacial score (nSPS) is 10.3. The van der Waals surface area contributed by atoms with Gasteiger partial charge in [-0.2, -0.15) is 0 Å². The van der Waals surface area contributed by atoms with E-state index >= 15 is 0 Å². The molecule has 0 saturated carbocycles. The van der Waals surface area contributed by atoms with Crippen LogP contribution in [0.1, 0.15) is 47.9 Å². The molecule has 0 atom stereocenters. The van der Waals surface area contributed by atoms with E-state index < -0.39 is 24.2 Å². The number of carbonyl (C=O) groups excluding carboxylic acids is 3. The standard InChI is InChI=1S/C22H24FNO6/c1-4-10-29-20-9-6-15(11-21(20)28-5-2)22(27)30-13-19(26)17-8-7-16(12-18(17)23)24-14(3)25/h6-9,11-12H,4-5,10,13H2,1-3H3,(H,24,25). The summed E-state index contributed by atoms with van der Waals surface area (Å²) in [6.07, 6.45) is 0.819. The maximum Gasteiger partial charge on any atom is 0.338 e. The number of ether oxygens (including phenoxy) is 3. The summed E-state index contributed by atoms with van der Waals surface area (Å²) >= 11 is 0. The lowest BCUT2D eigenvalue weighted by atomic mass is 10.1. The Balaban J connectivity index is 2.05. The maximum absolute atomic E-state index is 14.1. The number of carbonyl (C=O) groups is 3. The van der Waals surface area contributed by atoms with Crippen molar-refractivity contribution in [2.24, 2.45) is 0 Å². The van der Waals surface area contributed by atoms with Gasteiger partial charge in [-0.1, -0.05) is 6.92 Å². The number of amides is 1. The Morgan fingerprint density at radius 2 is 1.77 bits per heavy atom. The molecular weight excluding hydrogens is 393 g/mol. The van der Waals surface area contributed by atoms with Crippen molar-refractivity contribution in [2.75, 3.05) is 25.1 Å². The summed E-state index contributed by atoms with van der Waals surface area (Å²) in [6.45, 7) is 5.32. The number of hydrogen-bond acceptors (Lipinski definition) is 6. The molecular formula is C22H24FNO6. The predicted molar refractivity (Wildman–Crippen MR) is 109 cm³/mol. The molecule has 160 valence electrons. The molecule has 0 aromatic heterocycles. The van der Waals surface area contributed by atoms with E-state index in [4.69, 9.17) is 14.2 Å². The lowest BCUT2D eigenvalue weighted by molar-refractivity contribution is -0.114. The van der Waals surface area contributed by atoms with Crippen molar-refractivity contribution in [1.29, 1.82) is 0 Å². The minimum atomic E-state index is -0.821. The fourth-order valence-electron chi connectivity index (χ4n) is 2.55. The summed E-state index contributed by atoms with van der Waals surface area (Å²) in [5.74, 6) is -1.73. The van der Waals surface area contributed by atoms with Crippen LogP contribution in [0.3, 0.4) is 0 Å². The summed E-state index contributed by atoms with van der Waals surface area (Å²) in [4.78, 5) is 35.6. The van der Waals surface area contributed by atoms with Crippen LogP contribution in [-0.4, -0.2) is 37.5 Å². The summed E-state index contributed by atoms with van der Waals surface area (Å²) in [7, 11) is 0. The molecule has 1 N–H and O–H groups in total. The molecule has 0 fully saturated rings. The largest absolute Gasteiger partial charge is 0.490 e. The van der Waals surface area contributed by atoms with Crippen LogP contribution >= 0.6 is 0 Å². The third-order valence-corrected chi connectivity index (χ3v) is 3.87. The van der Waals surface area contributed by atoms with Crippen LogP contribution in [0.2, 0.25) is 0 Å². The van der Waals surface area contributed by atoms with Crippen molar-refractivity contribution in [2.45, 2.75) is 27.2 Å². The summed E-state index contributed by atoms with van der Waals surface area (Å²) in [6, 6.07) is 8.22. The summed E-state index contributed by atoms with van der Waals surface area (Å²) in [5.41, 5.74) is 0.161. The van der Waals surface area contributed by atoms with Gasteiger partial charge in [0.05, 0.1) is 24.3 Å². The third-order valence-electron chi connectivity index (χ3n) is 3.87. The van der Waals surface area contributed by atoms with E-state index in [1.807, 2.05) is 6.92 Å². The molecule has 0 aliphatic heterocycles. The number of anilines is 1. The fourth-order valence-corrected chi connectivity index (χ4v) is 2.55. The van der Waals surface area contributed by atoms with Gasteiger partial charge >= 0.3 is 5.97 Å². The minimum Gasteiger partial charge on any atom is -0.490 e. The van der Waals surface area contributed by atoms with Crippen LogP contribution < -0.4 is 14.8 Å². The van der Waals surface area contributed by atoms with Gasteiger partial charge in [-0.15, -0.1) is 0 Å². The Bertz CT molecular complexity index is 928. The first kappa shape index (κ1) is 22.9. The van der Waals surface area contributed by atoms with Crippen LogP contribution in [0.25, 0.3) is 0 Å². The average molecular weight is 417 g/mol. The van der Waals surface area contributed by atoms with E-state index in [2.05, 4.69) is 5.32 Å². The highest BCUT2D eigenvalue weighted by Gasteiger charge is 2.17. The molecule has 0 spiro atoms. The van der Waals surface area contributed by atoms with Gasteiger partial charge in [-0.3, -0.25) is 9.59 Å². The average Bonchev–Trinajstić information content (AvgIpc) is 2.70. The molecule has 7 nitrogen and oxygen atoms in total. The van der Waals surface area contributed by atoms with Crippen LogP contribution in [0.15, 0.2) is 36.4 Å². The summed E-state index contributed by atoms with van der Waals surface area (Å²) in [5, 5.41) is 2.42. The number of ketones is 1. The first-order valence-electron chi connectivity index (χ1n) is 9.52. The van der Waals surface area contributed by atoms with Gasteiger partial charge in [-0.05, 0) is 49.7 Å².